The average Bonchev–Trinajstić information content (AvgIpc) is 2.83. The van der Waals surface area contributed by atoms with Crippen molar-refractivity contribution in [2.45, 2.75) is 37.2 Å². The Bertz CT molecular complexity index is 668. The zero-order valence-electron chi connectivity index (χ0n) is 11.3. The van der Waals surface area contributed by atoms with Crippen LogP contribution in [0.1, 0.15) is 30.9 Å². The van der Waals surface area contributed by atoms with Crippen LogP contribution in [0.4, 0.5) is 0 Å². The van der Waals surface area contributed by atoms with Gasteiger partial charge in [-0.1, -0.05) is 37.2 Å². The zero-order chi connectivity index (χ0) is 14.4. The molecule has 104 valence electrons. The summed E-state index contributed by atoms with van der Waals surface area (Å²) < 4.78 is 1.67. The third-order valence-electron chi connectivity index (χ3n) is 2.88. The first-order valence-corrected chi connectivity index (χ1v) is 7.50. The molecule has 0 spiro atoms. The highest BCUT2D eigenvalue weighted by Crippen LogP contribution is 2.20. The molecule has 1 N–H and O–H groups in total. The molecule has 5 nitrogen and oxygen atoms in total. The highest BCUT2D eigenvalue weighted by Gasteiger charge is 2.08. The van der Waals surface area contributed by atoms with Gasteiger partial charge in [0.15, 0.2) is 5.16 Å². The lowest BCUT2D eigenvalue weighted by molar-refractivity contribution is 0.573. The Hall–Kier alpha value is -2.00. The molecular weight excluding hydrogens is 272 g/mol. The van der Waals surface area contributed by atoms with E-state index >= 15 is 0 Å². The smallest absolute Gasteiger partial charge is 0.270 e. The molecule has 0 fully saturated rings. The van der Waals surface area contributed by atoms with Crippen LogP contribution in [0.3, 0.4) is 0 Å². The van der Waals surface area contributed by atoms with Crippen molar-refractivity contribution in [1.82, 2.24) is 14.8 Å². The van der Waals surface area contributed by atoms with Gasteiger partial charge in [0.25, 0.3) is 0 Å². The van der Waals surface area contributed by atoms with Gasteiger partial charge in [0, 0.05) is 12.3 Å². The lowest BCUT2D eigenvalue weighted by Crippen LogP contribution is -2.17. The van der Waals surface area contributed by atoms with Crippen molar-refractivity contribution in [2.75, 3.05) is 0 Å². The largest absolute Gasteiger partial charge is 0.343 e. The van der Waals surface area contributed by atoms with Gasteiger partial charge < -0.3 is 0 Å². The predicted molar refractivity (Wildman–Crippen MR) is 78.5 cm³/mol. The van der Waals surface area contributed by atoms with E-state index in [1.165, 1.54) is 11.8 Å². The molecule has 0 amide bonds. The summed E-state index contributed by atoms with van der Waals surface area (Å²) in [5, 5.41) is 16.1. The molecule has 0 unspecified atom stereocenters. The van der Waals surface area contributed by atoms with Gasteiger partial charge in [-0.15, -0.1) is 5.10 Å². The maximum atomic E-state index is 11.6. The van der Waals surface area contributed by atoms with Crippen molar-refractivity contribution in [2.24, 2.45) is 0 Å². The van der Waals surface area contributed by atoms with Crippen LogP contribution < -0.4 is 5.69 Å². The van der Waals surface area contributed by atoms with Crippen molar-refractivity contribution < 1.29 is 0 Å². The molecular formula is C14H16N4OS. The Kier molecular flexibility index (Phi) is 5.02. The number of nitriles is 1. The van der Waals surface area contributed by atoms with E-state index in [4.69, 9.17) is 5.26 Å². The number of hydrogen-bond donors (Lipinski definition) is 1. The molecule has 20 heavy (non-hydrogen) atoms. The van der Waals surface area contributed by atoms with E-state index in [2.05, 4.69) is 23.2 Å². The van der Waals surface area contributed by atoms with E-state index in [1.807, 2.05) is 18.2 Å². The summed E-state index contributed by atoms with van der Waals surface area (Å²) in [6, 6.07) is 9.59. The molecule has 6 heteroatoms. The number of aromatic nitrogens is 3. The Labute approximate surface area is 121 Å². The van der Waals surface area contributed by atoms with Gasteiger partial charge in [-0.3, -0.25) is 4.57 Å². The van der Waals surface area contributed by atoms with Crippen molar-refractivity contribution in [1.29, 1.82) is 5.26 Å². The molecule has 0 bridgehead atoms. The summed E-state index contributed by atoms with van der Waals surface area (Å²) in [7, 11) is 0. The van der Waals surface area contributed by atoms with E-state index in [9.17, 15) is 4.79 Å². The van der Waals surface area contributed by atoms with E-state index < -0.39 is 0 Å². The maximum Gasteiger partial charge on any atom is 0.343 e. The topological polar surface area (TPSA) is 74.5 Å². The molecule has 0 radical (unpaired) electrons. The van der Waals surface area contributed by atoms with Crippen LogP contribution in [0.25, 0.3) is 0 Å². The fourth-order valence-corrected chi connectivity index (χ4v) is 2.72. The van der Waals surface area contributed by atoms with Gasteiger partial charge in [-0.2, -0.15) is 5.26 Å². The summed E-state index contributed by atoms with van der Waals surface area (Å²) in [5.41, 5.74) is 1.53. The lowest BCUT2D eigenvalue weighted by atomic mass is 10.2. The molecule has 0 saturated heterocycles. The predicted octanol–water partition coefficient (Wildman–Crippen LogP) is 2.54. The molecule has 1 aromatic heterocycles. The summed E-state index contributed by atoms with van der Waals surface area (Å²) in [6.45, 7) is 2.78. The number of hydrogen-bond acceptors (Lipinski definition) is 4. The first-order chi connectivity index (χ1) is 9.74. The monoisotopic (exact) mass is 288 g/mol. The second-order valence-electron chi connectivity index (χ2n) is 4.42. The first-order valence-electron chi connectivity index (χ1n) is 6.51. The van der Waals surface area contributed by atoms with E-state index in [0.29, 0.717) is 23.0 Å². The third-order valence-corrected chi connectivity index (χ3v) is 3.93. The number of nitrogens with one attached hydrogen (secondary N) is 1. The minimum absolute atomic E-state index is 0.160. The van der Waals surface area contributed by atoms with Crippen LogP contribution in [-0.4, -0.2) is 14.8 Å². The normalized spacial score (nSPS) is 10.4. The van der Waals surface area contributed by atoms with Crippen LogP contribution in [0.15, 0.2) is 34.2 Å². The number of aromatic amines is 1. The van der Waals surface area contributed by atoms with Gasteiger partial charge in [0.1, 0.15) is 0 Å². The maximum absolute atomic E-state index is 11.6. The Morgan fingerprint density at radius 3 is 3.10 bits per heavy atom. The number of unbranched alkanes of at least 4 members (excludes halogenated alkanes) is 1. The second kappa shape index (κ2) is 6.96. The average molecular weight is 288 g/mol. The number of H-pyrrole nitrogens is 1. The van der Waals surface area contributed by atoms with E-state index in [1.54, 1.807) is 10.6 Å². The molecule has 0 saturated carbocycles. The molecule has 0 atom stereocenters. The van der Waals surface area contributed by atoms with Crippen LogP contribution in [0.2, 0.25) is 0 Å². The van der Waals surface area contributed by atoms with Gasteiger partial charge in [-0.25, -0.2) is 9.89 Å². The van der Waals surface area contributed by atoms with E-state index in [0.717, 1.165) is 18.4 Å². The van der Waals surface area contributed by atoms with Gasteiger partial charge in [-0.05, 0) is 24.1 Å². The summed E-state index contributed by atoms with van der Waals surface area (Å²) in [5.74, 6) is 0.686. The fourth-order valence-electron chi connectivity index (χ4n) is 1.81. The van der Waals surface area contributed by atoms with Crippen LogP contribution in [0, 0.1) is 11.3 Å². The van der Waals surface area contributed by atoms with Crippen LogP contribution in [-0.2, 0) is 12.3 Å². The Morgan fingerprint density at radius 1 is 1.50 bits per heavy atom. The SMILES string of the molecule is CCCCn1c(SCc2cccc(C#N)c2)n[nH]c1=O. The Balaban J connectivity index is 2.07. The quantitative estimate of drug-likeness (QED) is 0.829. The minimum Gasteiger partial charge on any atom is -0.270 e. The van der Waals surface area contributed by atoms with Crippen LogP contribution >= 0.6 is 11.8 Å². The van der Waals surface area contributed by atoms with Gasteiger partial charge in [0.05, 0.1) is 11.6 Å². The number of thioether (sulfide) groups is 1. The number of benzene rings is 1. The molecule has 0 aliphatic carbocycles. The third kappa shape index (κ3) is 3.52. The van der Waals surface area contributed by atoms with Crippen molar-refractivity contribution in [3.05, 3.63) is 45.9 Å². The van der Waals surface area contributed by atoms with Crippen molar-refractivity contribution in [3.63, 3.8) is 0 Å². The van der Waals surface area contributed by atoms with Gasteiger partial charge in [0.2, 0.25) is 0 Å². The molecule has 1 aromatic carbocycles. The number of rotatable bonds is 6. The van der Waals surface area contributed by atoms with Crippen LogP contribution in [0.5, 0.6) is 0 Å². The van der Waals surface area contributed by atoms with Gasteiger partial charge >= 0.3 is 5.69 Å². The highest BCUT2D eigenvalue weighted by molar-refractivity contribution is 7.98. The molecule has 0 aliphatic rings. The summed E-state index contributed by atoms with van der Waals surface area (Å²) >= 11 is 1.50. The summed E-state index contributed by atoms with van der Waals surface area (Å²) in [6.07, 6.45) is 1.99. The first kappa shape index (κ1) is 14.4. The standard InChI is InChI=1S/C14H16N4OS/c1-2-3-7-18-13(19)16-17-14(18)20-10-12-6-4-5-11(8-12)9-15/h4-6,8H,2-3,7,10H2,1H3,(H,16,19). The highest BCUT2D eigenvalue weighted by atomic mass is 32.2. The molecule has 2 aromatic rings. The van der Waals surface area contributed by atoms with E-state index in [-0.39, 0.29) is 5.69 Å². The fraction of sp³-hybridized carbons (Fsp3) is 0.357. The number of nitrogens with zero attached hydrogens (tertiary/aromatic N) is 3. The molecule has 0 aliphatic heterocycles. The molecule has 1 heterocycles. The lowest BCUT2D eigenvalue weighted by Gasteiger charge is -2.04. The Morgan fingerprint density at radius 2 is 2.35 bits per heavy atom. The van der Waals surface area contributed by atoms with Crippen molar-refractivity contribution in [3.8, 4) is 6.07 Å². The summed E-state index contributed by atoms with van der Waals surface area (Å²) in [4.78, 5) is 11.6. The second-order valence-corrected chi connectivity index (χ2v) is 5.36. The zero-order valence-corrected chi connectivity index (χ0v) is 12.1. The minimum atomic E-state index is -0.160. The van der Waals surface area contributed by atoms with Crippen molar-refractivity contribution >= 4 is 11.8 Å². The molecule has 2 rings (SSSR count).